The zero-order valence-corrected chi connectivity index (χ0v) is 33.3. The summed E-state index contributed by atoms with van der Waals surface area (Å²) in [6.07, 6.45) is 20.9. The van der Waals surface area contributed by atoms with E-state index in [4.69, 9.17) is 14.2 Å². The van der Waals surface area contributed by atoms with Gasteiger partial charge in [0.1, 0.15) is 18.2 Å². The Morgan fingerprint density at radius 2 is 1.75 bits per heavy atom. The van der Waals surface area contributed by atoms with E-state index in [1.165, 1.54) is 19.4 Å². The van der Waals surface area contributed by atoms with Crippen LogP contribution >= 0.6 is 11.8 Å². The molecular formula is C40H63N3O7S. The van der Waals surface area contributed by atoms with Gasteiger partial charge in [0.2, 0.25) is 11.8 Å². The molecule has 11 heteroatoms. The van der Waals surface area contributed by atoms with Gasteiger partial charge in [0, 0.05) is 42.5 Å². The average molecular weight is 730 g/mol. The van der Waals surface area contributed by atoms with Crippen LogP contribution in [0.4, 0.5) is 4.79 Å². The number of thioether (sulfide) groups is 1. The number of cyclic esters (lactones) is 1. The van der Waals surface area contributed by atoms with Crippen molar-refractivity contribution in [2.24, 2.45) is 11.3 Å². The number of carbonyl (C=O) groups excluding carboxylic acids is 4. The summed E-state index contributed by atoms with van der Waals surface area (Å²) >= 11 is 1.94. The van der Waals surface area contributed by atoms with Crippen LogP contribution in [0, 0.1) is 11.3 Å². The summed E-state index contributed by atoms with van der Waals surface area (Å²) in [6, 6.07) is -0.803. The fraction of sp³-hybridized carbons (Fsp3) is 0.600. The third-order valence-electron chi connectivity index (χ3n) is 8.65. The second-order valence-corrected chi connectivity index (χ2v) is 15.7. The molecule has 1 heterocycles. The fourth-order valence-corrected chi connectivity index (χ4v) is 6.17. The molecule has 1 aliphatic heterocycles. The monoisotopic (exact) mass is 729 g/mol. The predicted octanol–water partition coefficient (Wildman–Crippen LogP) is 7.84. The Kier molecular flexibility index (Phi) is 21.0. The van der Waals surface area contributed by atoms with Gasteiger partial charge in [0.05, 0.1) is 7.11 Å². The highest BCUT2D eigenvalue weighted by Crippen LogP contribution is 2.32. The number of carbonyl (C=O) groups is 4. The number of amides is 3. The molecule has 0 saturated heterocycles. The maximum Gasteiger partial charge on any atom is 0.407 e. The molecule has 0 aliphatic carbocycles. The molecule has 0 saturated carbocycles. The Bertz CT molecular complexity index is 1310. The zero-order chi connectivity index (χ0) is 38.5. The molecule has 0 spiro atoms. The van der Waals surface area contributed by atoms with E-state index in [-0.39, 0.29) is 28.4 Å². The van der Waals surface area contributed by atoms with Gasteiger partial charge in [-0.05, 0) is 56.6 Å². The number of esters is 1. The molecule has 0 radical (unpaired) electrons. The number of hydrogen-bond acceptors (Lipinski definition) is 8. The van der Waals surface area contributed by atoms with E-state index in [2.05, 4.69) is 36.7 Å². The van der Waals surface area contributed by atoms with Gasteiger partial charge in [-0.15, -0.1) is 0 Å². The molecule has 0 aromatic heterocycles. The van der Waals surface area contributed by atoms with Crippen molar-refractivity contribution in [3.05, 3.63) is 72.2 Å². The highest BCUT2D eigenvalue weighted by Gasteiger charge is 2.32. The van der Waals surface area contributed by atoms with E-state index in [9.17, 15) is 19.2 Å². The zero-order valence-electron chi connectivity index (χ0n) is 32.5. The molecule has 1 rings (SSSR count). The maximum atomic E-state index is 13.1. The average Bonchev–Trinajstić information content (AvgIpc) is 3.08. The summed E-state index contributed by atoms with van der Waals surface area (Å²) in [5.41, 5.74) is 0.383. The molecule has 286 valence electrons. The minimum atomic E-state index is -0.803. The molecule has 0 aromatic rings. The second kappa shape index (κ2) is 23.7. The molecule has 0 bridgehead atoms. The van der Waals surface area contributed by atoms with Crippen LogP contribution < -0.4 is 16.0 Å². The largest absolute Gasteiger partial charge is 0.490 e. The van der Waals surface area contributed by atoms with Gasteiger partial charge >= 0.3 is 12.1 Å². The van der Waals surface area contributed by atoms with E-state index in [0.29, 0.717) is 25.8 Å². The predicted molar refractivity (Wildman–Crippen MR) is 208 cm³/mol. The number of methoxy groups -OCH3 is 1. The third-order valence-corrected chi connectivity index (χ3v) is 10.4. The topological polar surface area (TPSA) is 132 Å². The van der Waals surface area contributed by atoms with Gasteiger partial charge in [-0.2, -0.15) is 11.8 Å². The lowest BCUT2D eigenvalue weighted by Gasteiger charge is -2.29. The summed E-state index contributed by atoms with van der Waals surface area (Å²) in [6.45, 7) is 18.7. The molecule has 3 amide bonds. The van der Waals surface area contributed by atoms with Crippen molar-refractivity contribution >= 4 is 35.6 Å². The fourth-order valence-electron chi connectivity index (χ4n) is 4.99. The highest BCUT2D eigenvalue weighted by molar-refractivity contribution is 8.00. The molecule has 4 atom stereocenters. The lowest BCUT2D eigenvalue weighted by Crippen LogP contribution is -2.52. The van der Waals surface area contributed by atoms with Gasteiger partial charge in [0.15, 0.2) is 5.76 Å². The summed E-state index contributed by atoms with van der Waals surface area (Å²) < 4.78 is 16.4. The molecular weight excluding hydrogens is 667 g/mol. The lowest BCUT2D eigenvalue weighted by molar-refractivity contribution is -0.151. The van der Waals surface area contributed by atoms with E-state index in [1.807, 2.05) is 77.6 Å². The first-order valence-electron chi connectivity index (χ1n) is 18.0. The molecule has 0 aromatic carbocycles. The smallest absolute Gasteiger partial charge is 0.407 e. The van der Waals surface area contributed by atoms with Crippen LogP contribution in [-0.4, -0.2) is 66.3 Å². The van der Waals surface area contributed by atoms with Gasteiger partial charge in [-0.1, -0.05) is 96.6 Å². The molecule has 10 nitrogen and oxygen atoms in total. The first kappa shape index (κ1) is 45.3. The Morgan fingerprint density at radius 1 is 1.08 bits per heavy atom. The van der Waals surface area contributed by atoms with Gasteiger partial charge in [-0.25, -0.2) is 9.59 Å². The standard InChI is InChI=1S/C40H63N3O7S/c1-11-14-20-31(49-38(47)42-26-18-27-51-40(9,12-2)13-3)21-17-25-41-36(45)35(39(6,7)8)43-34(44)22-16-15-19-29(4)28-30(5)32-23-24-33(48-10)37(46)50-32/h11,14-17,19,22,24-25,28,30-32,35H,12-13,18,20-21,23,26-27H2,1-10H3,(H,41,45)(H,42,47)(H,43,44). The molecule has 4 unspecified atom stereocenters. The number of hydrogen-bond donors (Lipinski definition) is 3. The Labute approximate surface area is 311 Å². The number of ether oxygens (including phenoxy) is 3. The van der Waals surface area contributed by atoms with E-state index >= 15 is 0 Å². The van der Waals surface area contributed by atoms with Gasteiger partial charge in [-0.3, -0.25) is 9.59 Å². The summed E-state index contributed by atoms with van der Waals surface area (Å²) in [5.74, 6) is -0.0396. The normalized spacial score (nSPS) is 17.7. The van der Waals surface area contributed by atoms with Crippen molar-refractivity contribution in [2.75, 3.05) is 19.4 Å². The number of alkyl carbamates (subject to hydrolysis) is 1. The number of nitrogens with one attached hydrogen (secondary N) is 3. The van der Waals surface area contributed by atoms with Crippen LogP contribution in [0.15, 0.2) is 72.2 Å². The van der Waals surface area contributed by atoms with Crippen molar-refractivity contribution in [2.45, 2.75) is 124 Å². The Morgan fingerprint density at radius 3 is 2.35 bits per heavy atom. The minimum Gasteiger partial charge on any atom is -0.490 e. The first-order chi connectivity index (χ1) is 24.1. The first-order valence-corrected chi connectivity index (χ1v) is 19.0. The van der Waals surface area contributed by atoms with E-state index in [0.717, 1.165) is 30.6 Å². The van der Waals surface area contributed by atoms with Crippen LogP contribution in [0.3, 0.4) is 0 Å². The van der Waals surface area contributed by atoms with Crippen LogP contribution in [0.5, 0.6) is 0 Å². The van der Waals surface area contributed by atoms with Crippen molar-refractivity contribution in [3.63, 3.8) is 0 Å². The maximum absolute atomic E-state index is 13.1. The number of rotatable bonds is 21. The van der Waals surface area contributed by atoms with Gasteiger partial charge in [0.25, 0.3) is 0 Å². The van der Waals surface area contributed by atoms with E-state index < -0.39 is 35.5 Å². The Balaban J connectivity index is 2.65. The van der Waals surface area contributed by atoms with Crippen molar-refractivity contribution in [3.8, 4) is 0 Å². The molecule has 51 heavy (non-hydrogen) atoms. The Hall–Kier alpha value is -3.73. The molecule has 1 aliphatic rings. The minimum absolute atomic E-state index is 0.0149. The van der Waals surface area contributed by atoms with Crippen LogP contribution in [-0.2, 0) is 28.6 Å². The SMILES string of the molecule is CC=CCC(CC=CNC(=O)C(NC(=O)C=CC=CC(C)=CC(C)C1CC=C(OC)C(=O)O1)C(C)(C)C)OC(=O)NCCCSC(C)(CC)CC. The van der Waals surface area contributed by atoms with E-state index in [1.54, 1.807) is 24.3 Å². The van der Waals surface area contributed by atoms with Gasteiger partial charge < -0.3 is 30.2 Å². The molecule has 3 N–H and O–H groups in total. The van der Waals surface area contributed by atoms with Crippen molar-refractivity contribution in [1.29, 1.82) is 0 Å². The van der Waals surface area contributed by atoms with Crippen molar-refractivity contribution < 1.29 is 33.4 Å². The summed E-state index contributed by atoms with van der Waals surface area (Å²) in [5, 5.41) is 8.43. The third kappa shape index (κ3) is 18.4. The lowest BCUT2D eigenvalue weighted by atomic mass is 9.86. The van der Waals surface area contributed by atoms with Crippen LogP contribution in [0.1, 0.15) is 101 Å². The molecule has 0 fully saturated rings. The van der Waals surface area contributed by atoms with Crippen molar-refractivity contribution in [1.82, 2.24) is 16.0 Å². The second-order valence-electron chi connectivity index (χ2n) is 14.0. The highest BCUT2D eigenvalue weighted by atomic mass is 32.2. The van der Waals surface area contributed by atoms with Crippen LogP contribution in [0.25, 0.3) is 0 Å². The quantitative estimate of drug-likeness (QED) is 0.0358. The van der Waals surface area contributed by atoms with Crippen LogP contribution in [0.2, 0.25) is 0 Å². The number of allylic oxidation sites excluding steroid dienone is 5. The summed E-state index contributed by atoms with van der Waals surface area (Å²) in [7, 11) is 1.44. The summed E-state index contributed by atoms with van der Waals surface area (Å²) in [4.78, 5) is 50.3.